The number of benzene rings is 2. The van der Waals surface area contributed by atoms with E-state index >= 15 is 0 Å². The van der Waals surface area contributed by atoms with E-state index in [0.29, 0.717) is 23.4 Å². The zero-order chi connectivity index (χ0) is 33.7. The highest BCUT2D eigenvalue weighted by atomic mass is 16.7. The topological polar surface area (TPSA) is 172 Å². The maximum absolute atomic E-state index is 14.2. The Balaban J connectivity index is 1.90. The Morgan fingerprint density at radius 1 is 1.07 bits per heavy atom. The summed E-state index contributed by atoms with van der Waals surface area (Å²) in [5.41, 5.74) is 1.14. The summed E-state index contributed by atoms with van der Waals surface area (Å²) in [5, 5.41) is 52.9. The highest BCUT2D eigenvalue weighted by Crippen LogP contribution is 2.41. The van der Waals surface area contributed by atoms with Crippen LogP contribution in [0.15, 0.2) is 51.2 Å². The van der Waals surface area contributed by atoms with Gasteiger partial charge in [-0.25, -0.2) is 0 Å². The molecule has 0 spiro atoms. The summed E-state index contributed by atoms with van der Waals surface area (Å²) in [5.74, 6) is -0.0918. The van der Waals surface area contributed by atoms with Crippen molar-refractivity contribution in [3.63, 3.8) is 0 Å². The molecule has 1 aromatic heterocycles. The smallest absolute Gasteiger partial charge is 0.239 e. The molecular formula is C34H45NO11. The number of fused-ring (bicyclic) bond motifs is 1. The van der Waals surface area contributed by atoms with Gasteiger partial charge in [0.05, 0.1) is 13.2 Å². The zero-order valence-electron chi connectivity index (χ0n) is 27.1. The van der Waals surface area contributed by atoms with Crippen molar-refractivity contribution in [1.82, 2.24) is 4.90 Å². The Kier molecular flexibility index (Phi) is 11.7. The van der Waals surface area contributed by atoms with Crippen LogP contribution in [-0.4, -0.2) is 101 Å². The molecule has 5 N–H and O–H groups in total. The number of allylic oxidation sites excluding steroid dienone is 2. The van der Waals surface area contributed by atoms with Gasteiger partial charge >= 0.3 is 0 Å². The number of hydrogen-bond acceptors (Lipinski definition) is 12. The normalized spacial score (nSPS) is 22.1. The standard InChI is InChI=1S/C34H45NO11/c1-7-35(8-2)16-21(36)17-43-25-15-24(37)26-28(39)33(46-34-30(41)29(40)27(38)19(5)44-34)31(20-10-12-22(42-6)13-11-20)45-32(26)23(25)14-9-18(3)4/h9-13,15,19,21,27,29-30,34,36-38,40-41H,7-8,14,16-17H2,1-6H3/t19-,21-,27-,29+,30+,34-/m1/s1. The summed E-state index contributed by atoms with van der Waals surface area (Å²) in [4.78, 5) is 16.3. The van der Waals surface area contributed by atoms with Crippen LogP contribution in [-0.2, 0) is 11.2 Å². The number of aliphatic hydroxyl groups excluding tert-OH is 4. The SMILES string of the molecule is CCN(CC)C[C@@H](O)COc1cc(O)c2c(=O)c(O[C@H]3O[C@H](C)[C@@H](O)[C@H](O)[C@@H]3O)c(-c3ccc(OC)cc3)oc2c1CC=C(C)C. The third-order valence-corrected chi connectivity index (χ3v) is 8.07. The van der Waals surface area contributed by atoms with Gasteiger partial charge in [-0.15, -0.1) is 0 Å². The first-order valence-electron chi connectivity index (χ1n) is 15.4. The van der Waals surface area contributed by atoms with E-state index in [9.17, 15) is 30.3 Å². The maximum Gasteiger partial charge on any atom is 0.239 e. The zero-order valence-corrected chi connectivity index (χ0v) is 27.1. The van der Waals surface area contributed by atoms with Crippen LogP contribution in [0, 0.1) is 0 Å². The van der Waals surface area contributed by atoms with Gasteiger partial charge in [0.15, 0.2) is 5.76 Å². The largest absolute Gasteiger partial charge is 0.507 e. The number of ether oxygens (including phenoxy) is 4. The first-order chi connectivity index (χ1) is 21.9. The van der Waals surface area contributed by atoms with Crippen LogP contribution in [0.2, 0.25) is 0 Å². The van der Waals surface area contributed by atoms with Gasteiger partial charge in [0, 0.05) is 23.7 Å². The number of likely N-dealkylation sites (N-methyl/N-ethyl adjacent to an activating group) is 1. The van der Waals surface area contributed by atoms with Crippen molar-refractivity contribution < 1.29 is 48.9 Å². The monoisotopic (exact) mass is 643 g/mol. The highest BCUT2D eigenvalue weighted by molar-refractivity contribution is 5.91. The summed E-state index contributed by atoms with van der Waals surface area (Å²) in [7, 11) is 1.52. The van der Waals surface area contributed by atoms with Crippen LogP contribution < -0.4 is 19.6 Å². The number of aliphatic hydroxyl groups is 4. The average Bonchev–Trinajstić information content (AvgIpc) is 3.04. The molecule has 1 aliphatic rings. The van der Waals surface area contributed by atoms with Gasteiger partial charge in [-0.1, -0.05) is 25.5 Å². The third-order valence-electron chi connectivity index (χ3n) is 8.07. The van der Waals surface area contributed by atoms with Crippen LogP contribution >= 0.6 is 0 Å². The van der Waals surface area contributed by atoms with Gasteiger partial charge in [0.1, 0.15) is 59.2 Å². The minimum Gasteiger partial charge on any atom is -0.507 e. The summed E-state index contributed by atoms with van der Waals surface area (Å²) < 4.78 is 29.3. The lowest BCUT2D eigenvalue weighted by molar-refractivity contribution is -0.268. The number of nitrogens with zero attached hydrogens (tertiary/aromatic N) is 1. The predicted molar refractivity (Wildman–Crippen MR) is 172 cm³/mol. The second-order valence-corrected chi connectivity index (χ2v) is 11.6. The molecule has 3 aromatic rings. The maximum atomic E-state index is 14.2. The molecule has 1 saturated heterocycles. The molecule has 0 radical (unpaired) electrons. The van der Waals surface area contributed by atoms with E-state index in [1.54, 1.807) is 24.3 Å². The molecule has 0 saturated carbocycles. The molecule has 46 heavy (non-hydrogen) atoms. The lowest BCUT2D eigenvalue weighted by Crippen LogP contribution is -2.58. The molecule has 6 atom stereocenters. The molecule has 0 amide bonds. The Morgan fingerprint density at radius 2 is 1.74 bits per heavy atom. The highest BCUT2D eigenvalue weighted by Gasteiger charge is 2.44. The van der Waals surface area contributed by atoms with Crippen molar-refractivity contribution in [2.75, 3.05) is 33.4 Å². The quantitative estimate of drug-likeness (QED) is 0.173. The third kappa shape index (κ3) is 7.65. The molecule has 0 aliphatic carbocycles. The molecule has 0 bridgehead atoms. The van der Waals surface area contributed by atoms with Gasteiger partial charge in [0.25, 0.3) is 0 Å². The Hall–Kier alpha value is -3.65. The number of phenolic OH excluding ortho intramolecular Hbond substituents is 1. The first kappa shape index (κ1) is 35.2. The van der Waals surface area contributed by atoms with Gasteiger partial charge in [0.2, 0.25) is 17.5 Å². The number of aromatic hydroxyl groups is 1. The summed E-state index contributed by atoms with van der Waals surface area (Å²) in [6.07, 6.45) is -5.79. The van der Waals surface area contributed by atoms with Crippen molar-refractivity contribution in [2.45, 2.75) is 77.8 Å². The van der Waals surface area contributed by atoms with E-state index in [4.69, 9.17) is 23.4 Å². The van der Waals surface area contributed by atoms with Crippen LogP contribution in [0.3, 0.4) is 0 Å². The number of methoxy groups -OCH3 is 1. The van der Waals surface area contributed by atoms with Crippen LogP contribution in [0.1, 0.15) is 40.2 Å². The fourth-order valence-corrected chi connectivity index (χ4v) is 5.27. The molecule has 2 aromatic carbocycles. The molecule has 1 aliphatic heterocycles. The van der Waals surface area contributed by atoms with Crippen molar-refractivity contribution in [3.05, 3.63) is 57.8 Å². The second kappa shape index (κ2) is 15.3. The van der Waals surface area contributed by atoms with Gasteiger partial charge in [-0.3, -0.25) is 4.79 Å². The van der Waals surface area contributed by atoms with Crippen molar-refractivity contribution in [1.29, 1.82) is 0 Å². The minimum atomic E-state index is -1.70. The van der Waals surface area contributed by atoms with Gasteiger partial charge in [-0.2, -0.15) is 0 Å². The first-order valence-corrected chi connectivity index (χ1v) is 15.4. The molecule has 12 heteroatoms. The fourth-order valence-electron chi connectivity index (χ4n) is 5.27. The fraction of sp³-hybridized carbons (Fsp3) is 0.500. The van der Waals surface area contributed by atoms with E-state index < -0.39 is 48.0 Å². The summed E-state index contributed by atoms with van der Waals surface area (Å²) in [6, 6.07) is 7.93. The number of phenols is 1. The molecule has 4 rings (SSSR count). The van der Waals surface area contributed by atoms with Crippen LogP contribution in [0.25, 0.3) is 22.3 Å². The lowest BCUT2D eigenvalue weighted by atomic mass is 10.00. The summed E-state index contributed by atoms with van der Waals surface area (Å²) in [6.45, 7) is 11.2. The molecule has 252 valence electrons. The number of hydrogen-bond donors (Lipinski definition) is 5. The lowest BCUT2D eigenvalue weighted by Gasteiger charge is -2.38. The Bertz CT molecular complexity index is 1560. The minimum absolute atomic E-state index is 0.0409. The molecule has 2 heterocycles. The Morgan fingerprint density at radius 3 is 2.35 bits per heavy atom. The van der Waals surface area contributed by atoms with Crippen LogP contribution in [0.5, 0.6) is 23.0 Å². The van der Waals surface area contributed by atoms with E-state index in [1.165, 1.54) is 20.1 Å². The van der Waals surface area contributed by atoms with Crippen molar-refractivity contribution in [2.24, 2.45) is 0 Å². The molecule has 1 fully saturated rings. The van der Waals surface area contributed by atoms with E-state index in [-0.39, 0.29) is 41.3 Å². The van der Waals surface area contributed by atoms with Crippen molar-refractivity contribution >= 4 is 11.0 Å². The number of rotatable bonds is 13. The second-order valence-electron chi connectivity index (χ2n) is 11.6. The van der Waals surface area contributed by atoms with E-state index in [0.717, 1.165) is 18.7 Å². The van der Waals surface area contributed by atoms with Crippen molar-refractivity contribution in [3.8, 4) is 34.3 Å². The Labute approximate surface area is 268 Å². The summed E-state index contributed by atoms with van der Waals surface area (Å²) >= 11 is 0. The molecule has 12 nitrogen and oxygen atoms in total. The molecular weight excluding hydrogens is 598 g/mol. The van der Waals surface area contributed by atoms with Crippen LogP contribution in [0.4, 0.5) is 0 Å². The average molecular weight is 644 g/mol. The predicted octanol–water partition coefficient (Wildman–Crippen LogP) is 2.97. The van der Waals surface area contributed by atoms with E-state index in [1.807, 2.05) is 33.8 Å². The molecule has 0 unspecified atom stereocenters. The van der Waals surface area contributed by atoms with E-state index in [2.05, 4.69) is 4.90 Å². The van der Waals surface area contributed by atoms with Gasteiger partial charge in [-0.05, 0) is 64.5 Å². The van der Waals surface area contributed by atoms with Gasteiger partial charge < -0.3 is 53.8 Å².